The molecule has 16 heavy (non-hydrogen) atoms. The number of ether oxygens (including phenoxy) is 2. The van der Waals surface area contributed by atoms with E-state index in [4.69, 9.17) is 9.47 Å². The number of hydrogen-bond acceptors (Lipinski definition) is 3. The lowest BCUT2D eigenvalue weighted by molar-refractivity contribution is -0.160. The monoisotopic (exact) mass is 222 g/mol. The predicted molar refractivity (Wildman–Crippen MR) is 61.9 cm³/mol. The lowest BCUT2D eigenvalue weighted by atomic mass is 10.2. The highest BCUT2D eigenvalue weighted by atomic mass is 16.6. The van der Waals surface area contributed by atoms with Gasteiger partial charge in [-0.25, -0.2) is 4.79 Å². The van der Waals surface area contributed by atoms with Gasteiger partial charge >= 0.3 is 5.97 Å². The molecule has 0 aromatic heterocycles. The van der Waals surface area contributed by atoms with E-state index < -0.39 is 5.60 Å². The highest BCUT2D eigenvalue weighted by molar-refractivity contribution is 5.71. The molecular formula is C13H18O3. The molecule has 88 valence electrons. The zero-order chi connectivity index (χ0) is 12.0. The molecule has 0 fully saturated rings. The molecule has 0 radical (unpaired) electrons. The van der Waals surface area contributed by atoms with Crippen LogP contribution in [0.5, 0.6) is 0 Å². The van der Waals surface area contributed by atoms with E-state index >= 15 is 0 Å². The van der Waals surface area contributed by atoms with Gasteiger partial charge in [-0.15, -0.1) is 0 Å². The highest BCUT2D eigenvalue weighted by Gasteiger charge is 2.15. The van der Waals surface area contributed by atoms with Gasteiger partial charge in [0.25, 0.3) is 0 Å². The molecule has 0 aliphatic heterocycles. The van der Waals surface area contributed by atoms with Gasteiger partial charge in [0, 0.05) is 0 Å². The van der Waals surface area contributed by atoms with Crippen molar-refractivity contribution in [2.75, 3.05) is 6.61 Å². The summed E-state index contributed by atoms with van der Waals surface area (Å²) in [5.41, 5.74) is 0.596. The molecule has 1 aromatic carbocycles. The SMILES string of the molecule is CC(C)(C)OC(=O)COCc1ccccc1. The number of rotatable bonds is 4. The fourth-order valence-electron chi connectivity index (χ4n) is 1.20. The van der Waals surface area contributed by atoms with Gasteiger partial charge in [-0.1, -0.05) is 30.3 Å². The van der Waals surface area contributed by atoms with E-state index in [1.54, 1.807) is 0 Å². The largest absolute Gasteiger partial charge is 0.458 e. The summed E-state index contributed by atoms with van der Waals surface area (Å²) in [6.07, 6.45) is 0. The van der Waals surface area contributed by atoms with Gasteiger partial charge in [-0.2, -0.15) is 0 Å². The van der Waals surface area contributed by atoms with E-state index in [2.05, 4.69) is 0 Å². The Hall–Kier alpha value is -1.35. The Morgan fingerprint density at radius 2 is 1.81 bits per heavy atom. The van der Waals surface area contributed by atoms with E-state index in [0.29, 0.717) is 6.61 Å². The van der Waals surface area contributed by atoms with Crippen molar-refractivity contribution in [3.05, 3.63) is 35.9 Å². The van der Waals surface area contributed by atoms with Crippen LogP contribution in [-0.4, -0.2) is 18.2 Å². The van der Waals surface area contributed by atoms with Gasteiger partial charge in [0.2, 0.25) is 0 Å². The maximum absolute atomic E-state index is 11.3. The van der Waals surface area contributed by atoms with Crippen molar-refractivity contribution in [3.63, 3.8) is 0 Å². The first kappa shape index (κ1) is 12.7. The Bertz CT molecular complexity index is 325. The highest BCUT2D eigenvalue weighted by Crippen LogP contribution is 2.07. The molecular weight excluding hydrogens is 204 g/mol. The molecule has 0 heterocycles. The summed E-state index contributed by atoms with van der Waals surface area (Å²) in [5, 5.41) is 0. The average molecular weight is 222 g/mol. The zero-order valence-electron chi connectivity index (χ0n) is 10.0. The molecule has 0 saturated carbocycles. The Balaban J connectivity index is 2.24. The summed E-state index contributed by atoms with van der Waals surface area (Å²) in [6, 6.07) is 9.72. The smallest absolute Gasteiger partial charge is 0.332 e. The van der Waals surface area contributed by atoms with E-state index in [1.165, 1.54) is 0 Å². The maximum atomic E-state index is 11.3. The second kappa shape index (κ2) is 5.66. The minimum Gasteiger partial charge on any atom is -0.458 e. The summed E-state index contributed by atoms with van der Waals surface area (Å²) in [6.45, 7) is 5.93. The van der Waals surface area contributed by atoms with Crippen LogP contribution < -0.4 is 0 Å². The van der Waals surface area contributed by atoms with Crippen LogP contribution in [0.3, 0.4) is 0 Å². The fourth-order valence-corrected chi connectivity index (χ4v) is 1.20. The van der Waals surface area contributed by atoms with Crippen LogP contribution in [0.15, 0.2) is 30.3 Å². The van der Waals surface area contributed by atoms with Crippen molar-refractivity contribution in [1.29, 1.82) is 0 Å². The molecule has 1 aromatic rings. The molecule has 0 N–H and O–H groups in total. The summed E-state index contributed by atoms with van der Waals surface area (Å²) in [5.74, 6) is -0.330. The Labute approximate surface area is 96.4 Å². The van der Waals surface area contributed by atoms with Crippen LogP contribution in [0, 0.1) is 0 Å². The molecule has 0 bridgehead atoms. The van der Waals surface area contributed by atoms with Crippen LogP contribution in [-0.2, 0) is 20.9 Å². The van der Waals surface area contributed by atoms with Gasteiger partial charge < -0.3 is 9.47 Å². The molecule has 0 aliphatic rings. The molecule has 0 atom stereocenters. The minimum absolute atomic E-state index is 0.00777. The predicted octanol–water partition coefficient (Wildman–Crippen LogP) is 2.54. The van der Waals surface area contributed by atoms with Crippen molar-refractivity contribution in [2.24, 2.45) is 0 Å². The Kier molecular flexibility index (Phi) is 4.50. The molecule has 0 saturated heterocycles. The molecule has 0 aliphatic carbocycles. The third-order valence-electron chi connectivity index (χ3n) is 1.75. The van der Waals surface area contributed by atoms with Crippen molar-refractivity contribution in [2.45, 2.75) is 33.0 Å². The molecule has 0 amide bonds. The first-order valence-corrected chi connectivity index (χ1v) is 5.31. The first-order chi connectivity index (χ1) is 7.47. The van der Waals surface area contributed by atoms with Crippen molar-refractivity contribution in [1.82, 2.24) is 0 Å². The molecule has 0 spiro atoms. The van der Waals surface area contributed by atoms with Gasteiger partial charge in [0.1, 0.15) is 12.2 Å². The van der Waals surface area contributed by atoms with Crippen molar-refractivity contribution in [3.8, 4) is 0 Å². The van der Waals surface area contributed by atoms with Crippen LogP contribution in [0.2, 0.25) is 0 Å². The number of carbonyl (C=O) groups is 1. The van der Waals surface area contributed by atoms with E-state index in [1.807, 2.05) is 51.1 Å². The van der Waals surface area contributed by atoms with Crippen LogP contribution in [0.4, 0.5) is 0 Å². The number of esters is 1. The summed E-state index contributed by atoms with van der Waals surface area (Å²) in [4.78, 5) is 11.3. The number of hydrogen-bond donors (Lipinski definition) is 0. The lowest BCUT2D eigenvalue weighted by Gasteiger charge is -2.19. The Morgan fingerprint density at radius 3 is 2.38 bits per heavy atom. The summed E-state index contributed by atoms with van der Waals surface area (Å²) >= 11 is 0. The van der Waals surface area contributed by atoms with Gasteiger partial charge in [-0.3, -0.25) is 0 Å². The summed E-state index contributed by atoms with van der Waals surface area (Å²) in [7, 11) is 0. The Morgan fingerprint density at radius 1 is 1.19 bits per heavy atom. The second-order valence-corrected chi connectivity index (χ2v) is 4.56. The van der Waals surface area contributed by atoms with Crippen LogP contribution >= 0.6 is 0 Å². The topological polar surface area (TPSA) is 35.5 Å². The third-order valence-corrected chi connectivity index (χ3v) is 1.75. The number of carbonyl (C=O) groups excluding carboxylic acids is 1. The van der Waals surface area contributed by atoms with Gasteiger partial charge in [-0.05, 0) is 26.3 Å². The van der Waals surface area contributed by atoms with Gasteiger partial charge in [0.05, 0.1) is 6.61 Å². The maximum Gasteiger partial charge on any atom is 0.332 e. The van der Waals surface area contributed by atoms with Crippen molar-refractivity contribution < 1.29 is 14.3 Å². The molecule has 3 heteroatoms. The quantitative estimate of drug-likeness (QED) is 0.734. The zero-order valence-corrected chi connectivity index (χ0v) is 10.0. The van der Waals surface area contributed by atoms with Crippen LogP contribution in [0.1, 0.15) is 26.3 Å². The average Bonchev–Trinajstić information content (AvgIpc) is 2.16. The van der Waals surface area contributed by atoms with E-state index in [0.717, 1.165) is 5.56 Å². The minimum atomic E-state index is -0.451. The lowest BCUT2D eigenvalue weighted by Crippen LogP contribution is -2.26. The summed E-state index contributed by atoms with van der Waals surface area (Å²) < 4.78 is 10.4. The fraction of sp³-hybridized carbons (Fsp3) is 0.462. The number of benzene rings is 1. The molecule has 1 rings (SSSR count). The third kappa shape index (κ3) is 5.51. The van der Waals surface area contributed by atoms with E-state index in [-0.39, 0.29) is 12.6 Å². The standard InChI is InChI=1S/C13H18O3/c1-13(2,3)16-12(14)10-15-9-11-7-5-4-6-8-11/h4-8H,9-10H2,1-3H3. The van der Waals surface area contributed by atoms with Crippen LogP contribution in [0.25, 0.3) is 0 Å². The van der Waals surface area contributed by atoms with E-state index in [9.17, 15) is 4.79 Å². The first-order valence-electron chi connectivity index (χ1n) is 5.31. The normalized spacial score (nSPS) is 11.2. The van der Waals surface area contributed by atoms with Crippen molar-refractivity contribution >= 4 is 5.97 Å². The second-order valence-electron chi connectivity index (χ2n) is 4.56. The molecule has 0 unspecified atom stereocenters. The van der Waals surface area contributed by atoms with Gasteiger partial charge in [0.15, 0.2) is 0 Å². The molecule has 3 nitrogen and oxygen atoms in total.